The normalized spacial score (nSPS) is 10.3. The van der Waals surface area contributed by atoms with Gasteiger partial charge in [0, 0.05) is 29.4 Å². The highest BCUT2D eigenvalue weighted by atomic mass is 35.5. The second-order valence-corrected chi connectivity index (χ2v) is 4.76. The fourth-order valence-corrected chi connectivity index (χ4v) is 1.92. The molecule has 0 fully saturated rings. The molecular formula is C15H14ClNO2. The number of nitrogens with zero attached hydrogens (tertiary/aromatic N) is 1. The van der Waals surface area contributed by atoms with Crippen LogP contribution in [0.15, 0.2) is 42.5 Å². The topological polar surface area (TPSA) is 40.5 Å². The SMILES string of the molecule is Cc1ccc(C(=O)N(C)c2cccc(O)c2)cc1Cl. The van der Waals surface area contributed by atoms with Crippen LogP contribution in [0.5, 0.6) is 5.75 Å². The van der Waals surface area contributed by atoms with Crippen LogP contribution in [0.2, 0.25) is 5.02 Å². The fraction of sp³-hybridized carbons (Fsp3) is 0.133. The monoisotopic (exact) mass is 275 g/mol. The smallest absolute Gasteiger partial charge is 0.258 e. The summed E-state index contributed by atoms with van der Waals surface area (Å²) in [6.07, 6.45) is 0. The number of anilines is 1. The summed E-state index contributed by atoms with van der Waals surface area (Å²) in [5.74, 6) is -0.0495. The first-order chi connectivity index (χ1) is 8.99. The van der Waals surface area contributed by atoms with E-state index in [0.717, 1.165) is 5.56 Å². The lowest BCUT2D eigenvalue weighted by Gasteiger charge is -2.18. The lowest BCUT2D eigenvalue weighted by molar-refractivity contribution is 0.0993. The van der Waals surface area contributed by atoms with E-state index in [4.69, 9.17) is 11.6 Å². The maximum atomic E-state index is 12.3. The zero-order chi connectivity index (χ0) is 14.0. The van der Waals surface area contributed by atoms with Crippen LogP contribution in [0.4, 0.5) is 5.69 Å². The number of benzene rings is 2. The molecule has 1 N–H and O–H groups in total. The van der Waals surface area contributed by atoms with Gasteiger partial charge in [-0.1, -0.05) is 23.7 Å². The van der Waals surface area contributed by atoms with Gasteiger partial charge in [-0.05, 0) is 36.8 Å². The van der Waals surface area contributed by atoms with E-state index in [-0.39, 0.29) is 11.7 Å². The summed E-state index contributed by atoms with van der Waals surface area (Å²) in [5, 5.41) is 10.0. The number of aromatic hydroxyl groups is 1. The highest BCUT2D eigenvalue weighted by molar-refractivity contribution is 6.31. The summed E-state index contributed by atoms with van der Waals surface area (Å²) in [6, 6.07) is 11.7. The van der Waals surface area contributed by atoms with Gasteiger partial charge < -0.3 is 10.0 Å². The van der Waals surface area contributed by atoms with Crippen LogP contribution in [0.25, 0.3) is 0 Å². The Balaban J connectivity index is 2.30. The molecule has 1 amide bonds. The third-order valence-corrected chi connectivity index (χ3v) is 3.35. The molecule has 0 radical (unpaired) electrons. The number of phenols is 1. The molecule has 0 aliphatic carbocycles. The van der Waals surface area contributed by atoms with E-state index in [1.54, 1.807) is 37.4 Å². The van der Waals surface area contributed by atoms with Crippen LogP contribution in [0.1, 0.15) is 15.9 Å². The maximum Gasteiger partial charge on any atom is 0.258 e. The average Bonchev–Trinajstić information content (AvgIpc) is 2.40. The third-order valence-electron chi connectivity index (χ3n) is 2.94. The molecule has 0 aliphatic heterocycles. The van der Waals surface area contributed by atoms with Crippen LogP contribution < -0.4 is 4.90 Å². The predicted molar refractivity (Wildman–Crippen MR) is 77.0 cm³/mol. The van der Waals surface area contributed by atoms with Crippen LogP contribution in [0.3, 0.4) is 0 Å². The largest absolute Gasteiger partial charge is 0.508 e. The summed E-state index contributed by atoms with van der Waals surface area (Å²) in [7, 11) is 1.66. The minimum Gasteiger partial charge on any atom is -0.508 e. The van der Waals surface area contributed by atoms with Crippen LogP contribution in [0, 0.1) is 6.92 Å². The Labute approximate surface area is 117 Å². The molecule has 3 nitrogen and oxygen atoms in total. The molecule has 19 heavy (non-hydrogen) atoms. The van der Waals surface area contributed by atoms with Gasteiger partial charge in [-0.25, -0.2) is 0 Å². The van der Waals surface area contributed by atoms with Crippen LogP contribution in [-0.4, -0.2) is 18.1 Å². The zero-order valence-corrected chi connectivity index (χ0v) is 11.5. The number of hydrogen-bond donors (Lipinski definition) is 1. The van der Waals surface area contributed by atoms with Gasteiger partial charge in [0.25, 0.3) is 5.91 Å². The van der Waals surface area contributed by atoms with Gasteiger partial charge in [-0.2, -0.15) is 0 Å². The molecule has 0 aromatic heterocycles. The minimum absolute atomic E-state index is 0.124. The standard InChI is InChI=1S/C15H14ClNO2/c1-10-6-7-11(8-14(10)16)15(19)17(2)12-4-3-5-13(18)9-12/h3-9,18H,1-2H3. The van der Waals surface area contributed by atoms with E-state index < -0.39 is 0 Å². The van der Waals surface area contributed by atoms with Crippen molar-refractivity contribution in [3.05, 3.63) is 58.6 Å². The Morgan fingerprint density at radius 1 is 1.21 bits per heavy atom. The number of aryl methyl sites for hydroxylation is 1. The van der Waals surface area contributed by atoms with E-state index in [9.17, 15) is 9.90 Å². The van der Waals surface area contributed by atoms with Crippen molar-refractivity contribution in [2.75, 3.05) is 11.9 Å². The number of carbonyl (C=O) groups excluding carboxylic acids is 1. The first kappa shape index (κ1) is 13.4. The number of phenolic OH excluding ortho intramolecular Hbond substituents is 1. The van der Waals surface area contributed by atoms with Gasteiger partial charge in [-0.3, -0.25) is 4.79 Å². The summed E-state index contributed by atoms with van der Waals surface area (Å²) < 4.78 is 0. The fourth-order valence-electron chi connectivity index (χ4n) is 1.74. The lowest BCUT2D eigenvalue weighted by Crippen LogP contribution is -2.26. The molecule has 0 unspecified atom stereocenters. The van der Waals surface area contributed by atoms with E-state index in [2.05, 4.69) is 0 Å². The maximum absolute atomic E-state index is 12.3. The quantitative estimate of drug-likeness (QED) is 0.909. The molecular weight excluding hydrogens is 262 g/mol. The molecule has 0 atom stereocenters. The Hall–Kier alpha value is -2.00. The van der Waals surface area contributed by atoms with Gasteiger partial charge in [-0.15, -0.1) is 0 Å². The number of halogens is 1. The lowest BCUT2D eigenvalue weighted by atomic mass is 10.1. The van der Waals surface area contributed by atoms with Crippen molar-refractivity contribution in [3.8, 4) is 5.75 Å². The second kappa shape index (κ2) is 5.33. The van der Waals surface area contributed by atoms with E-state index in [1.165, 1.54) is 11.0 Å². The van der Waals surface area contributed by atoms with Gasteiger partial charge in [0.2, 0.25) is 0 Å². The van der Waals surface area contributed by atoms with Gasteiger partial charge >= 0.3 is 0 Å². The number of carbonyl (C=O) groups is 1. The first-order valence-corrected chi connectivity index (χ1v) is 6.20. The predicted octanol–water partition coefficient (Wildman–Crippen LogP) is 3.63. The van der Waals surface area contributed by atoms with E-state index in [1.807, 2.05) is 13.0 Å². The first-order valence-electron chi connectivity index (χ1n) is 5.82. The van der Waals surface area contributed by atoms with Crippen molar-refractivity contribution in [2.24, 2.45) is 0 Å². The van der Waals surface area contributed by atoms with E-state index >= 15 is 0 Å². The number of hydrogen-bond acceptors (Lipinski definition) is 2. The van der Waals surface area contributed by atoms with Crippen molar-refractivity contribution in [2.45, 2.75) is 6.92 Å². The van der Waals surface area contributed by atoms with E-state index in [0.29, 0.717) is 16.3 Å². The molecule has 0 heterocycles. The molecule has 2 rings (SSSR count). The summed E-state index contributed by atoms with van der Waals surface area (Å²) >= 11 is 6.02. The Bertz CT molecular complexity index is 625. The average molecular weight is 276 g/mol. The third kappa shape index (κ3) is 2.88. The van der Waals surface area contributed by atoms with Crippen molar-refractivity contribution in [1.82, 2.24) is 0 Å². The number of rotatable bonds is 2. The molecule has 0 bridgehead atoms. The molecule has 0 saturated heterocycles. The van der Waals surface area contributed by atoms with Crippen LogP contribution in [-0.2, 0) is 0 Å². The molecule has 4 heteroatoms. The van der Waals surface area contributed by atoms with Gasteiger partial charge in [0.05, 0.1) is 0 Å². The van der Waals surface area contributed by atoms with Crippen molar-refractivity contribution < 1.29 is 9.90 Å². The van der Waals surface area contributed by atoms with Gasteiger partial charge in [0.1, 0.15) is 5.75 Å². The summed E-state index contributed by atoms with van der Waals surface area (Å²) in [6.45, 7) is 1.88. The summed E-state index contributed by atoms with van der Waals surface area (Å²) in [4.78, 5) is 13.8. The summed E-state index contributed by atoms with van der Waals surface area (Å²) in [5.41, 5.74) is 2.07. The molecule has 0 saturated carbocycles. The molecule has 2 aromatic rings. The zero-order valence-electron chi connectivity index (χ0n) is 10.7. The van der Waals surface area contributed by atoms with Crippen molar-refractivity contribution in [1.29, 1.82) is 0 Å². The van der Waals surface area contributed by atoms with Gasteiger partial charge in [0.15, 0.2) is 0 Å². The van der Waals surface area contributed by atoms with Crippen molar-refractivity contribution >= 4 is 23.2 Å². The Kier molecular flexibility index (Phi) is 3.76. The minimum atomic E-state index is -0.174. The number of amides is 1. The van der Waals surface area contributed by atoms with Crippen molar-refractivity contribution in [3.63, 3.8) is 0 Å². The molecule has 0 aliphatic rings. The Morgan fingerprint density at radius 3 is 2.58 bits per heavy atom. The highest BCUT2D eigenvalue weighted by Crippen LogP contribution is 2.22. The Morgan fingerprint density at radius 2 is 1.95 bits per heavy atom. The second-order valence-electron chi connectivity index (χ2n) is 4.35. The molecule has 2 aromatic carbocycles. The van der Waals surface area contributed by atoms with Crippen LogP contribution >= 0.6 is 11.6 Å². The highest BCUT2D eigenvalue weighted by Gasteiger charge is 2.14. The molecule has 0 spiro atoms. The molecule has 98 valence electrons.